The van der Waals surface area contributed by atoms with E-state index in [1.165, 1.54) is 0 Å². The standard InChI is InChI=1S/C18H15Cl3N2S2/c1-23-18(21)14(10-25-17-5-3-2-4-15(17)20)16(22-23)11-24-13-8-6-12(19)7-9-13/h2-9H,10-11H2,1H3. The SMILES string of the molecule is Cn1nc(CSc2ccc(Cl)cc2)c(CSc2ccccc2Cl)c1Cl. The van der Waals surface area contributed by atoms with Crippen molar-refractivity contribution in [2.45, 2.75) is 21.3 Å². The molecule has 1 aromatic heterocycles. The van der Waals surface area contributed by atoms with Crippen LogP contribution in [-0.2, 0) is 18.6 Å². The molecule has 0 N–H and O–H groups in total. The number of rotatable bonds is 6. The summed E-state index contributed by atoms with van der Waals surface area (Å²) in [6.45, 7) is 0. The van der Waals surface area contributed by atoms with Crippen LogP contribution in [0.4, 0.5) is 0 Å². The summed E-state index contributed by atoms with van der Waals surface area (Å²) in [6, 6.07) is 15.6. The first-order chi connectivity index (χ1) is 12.0. The summed E-state index contributed by atoms with van der Waals surface area (Å²) in [5.41, 5.74) is 2.04. The molecular weight excluding hydrogens is 415 g/mol. The maximum atomic E-state index is 6.45. The average molecular weight is 430 g/mol. The summed E-state index contributed by atoms with van der Waals surface area (Å²) in [5.74, 6) is 1.48. The van der Waals surface area contributed by atoms with Crippen LogP contribution in [-0.4, -0.2) is 9.78 Å². The first-order valence-electron chi connectivity index (χ1n) is 7.50. The first-order valence-corrected chi connectivity index (χ1v) is 10.6. The van der Waals surface area contributed by atoms with Gasteiger partial charge in [-0.05, 0) is 36.4 Å². The van der Waals surface area contributed by atoms with E-state index >= 15 is 0 Å². The number of benzene rings is 2. The molecular formula is C18H15Cl3N2S2. The van der Waals surface area contributed by atoms with Crippen LogP contribution in [0.2, 0.25) is 15.2 Å². The predicted molar refractivity (Wildman–Crippen MR) is 110 cm³/mol. The van der Waals surface area contributed by atoms with Gasteiger partial charge in [-0.1, -0.05) is 46.9 Å². The zero-order chi connectivity index (χ0) is 17.8. The van der Waals surface area contributed by atoms with Crippen molar-refractivity contribution in [3.05, 3.63) is 75.0 Å². The van der Waals surface area contributed by atoms with E-state index in [2.05, 4.69) is 5.10 Å². The highest BCUT2D eigenvalue weighted by atomic mass is 35.5. The van der Waals surface area contributed by atoms with Crippen molar-refractivity contribution in [2.24, 2.45) is 7.05 Å². The van der Waals surface area contributed by atoms with E-state index in [9.17, 15) is 0 Å². The van der Waals surface area contributed by atoms with E-state index in [1.54, 1.807) is 28.2 Å². The molecule has 0 fully saturated rings. The van der Waals surface area contributed by atoms with Gasteiger partial charge in [0.2, 0.25) is 0 Å². The summed E-state index contributed by atoms with van der Waals surface area (Å²) in [6.07, 6.45) is 0. The molecule has 2 aromatic carbocycles. The maximum Gasteiger partial charge on any atom is 0.131 e. The molecule has 0 bridgehead atoms. The van der Waals surface area contributed by atoms with Gasteiger partial charge in [0.05, 0.1) is 10.7 Å². The van der Waals surface area contributed by atoms with Gasteiger partial charge < -0.3 is 0 Å². The monoisotopic (exact) mass is 428 g/mol. The second-order valence-corrected chi connectivity index (χ2v) is 8.57. The van der Waals surface area contributed by atoms with E-state index in [0.717, 1.165) is 42.6 Å². The Labute approximate surface area is 170 Å². The fourth-order valence-electron chi connectivity index (χ4n) is 2.25. The summed E-state index contributed by atoms with van der Waals surface area (Å²) in [4.78, 5) is 2.19. The van der Waals surface area contributed by atoms with Gasteiger partial charge in [0.1, 0.15) is 5.15 Å². The first kappa shape index (κ1) is 19.0. The Morgan fingerprint density at radius 1 is 0.920 bits per heavy atom. The molecule has 130 valence electrons. The number of aromatic nitrogens is 2. The van der Waals surface area contributed by atoms with Crippen LogP contribution in [0.25, 0.3) is 0 Å². The summed E-state index contributed by atoms with van der Waals surface area (Å²) in [5, 5.41) is 6.73. The third kappa shape index (κ3) is 4.89. The van der Waals surface area contributed by atoms with Gasteiger partial charge in [-0.3, -0.25) is 4.68 Å². The predicted octanol–water partition coefficient (Wildman–Crippen LogP) is 6.96. The molecule has 0 unspecified atom stereocenters. The minimum absolute atomic E-state index is 0.672. The highest BCUT2D eigenvalue weighted by molar-refractivity contribution is 7.99. The molecule has 0 atom stereocenters. The fraction of sp³-hybridized carbons (Fsp3) is 0.167. The van der Waals surface area contributed by atoms with Crippen LogP contribution >= 0.6 is 58.3 Å². The van der Waals surface area contributed by atoms with E-state index in [4.69, 9.17) is 34.8 Å². The molecule has 3 rings (SSSR count). The number of nitrogens with zero attached hydrogens (tertiary/aromatic N) is 2. The molecule has 0 aliphatic rings. The lowest BCUT2D eigenvalue weighted by atomic mass is 10.3. The third-order valence-corrected chi connectivity index (χ3v) is 6.84. The van der Waals surface area contributed by atoms with Crippen LogP contribution in [0.1, 0.15) is 11.3 Å². The number of hydrogen-bond donors (Lipinski definition) is 0. The number of aryl methyl sites for hydroxylation is 1. The molecule has 25 heavy (non-hydrogen) atoms. The largest absolute Gasteiger partial charge is 0.256 e. The molecule has 0 amide bonds. The van der Waals surface area contributed by atoms with Crippen LogP contribution in [0, 0.1) is 0 Å². The zero-order valence-electron chi connectivity index (χ0n) is 13.4. The van der Waals surface area contributed by atoms with Gasteiger partial charge in [-0.25, -0.2) is 0 Å². The zero-order valence-corrected chi connectivity index (χ0v) is 17.3. The molecule has 3 aromatic rings. The Hall–Kier alpha value is -0.780. The van der Waals surface area contributed by atoms with Gasteiger partial charge >= 0.3 is 0 Å². The Kier molecular flexibility index (Phi) is 6.64. The van der Waals surface area contributed by atoms with Crippen molar-refractivity contribution < 1.29 is 0 Å². The molecule has 1 heterocycles. The topological polar surface area (TPSA) is 17.8 Å². The lowest BCUT2D eigenvalue weighted by molar-refractivity contribution is 0.755. The van der Waals surface area contributed by atoms with E-state index in [-0.39, 0.29) is 0 Å². The smallest absolute Gasteiger partial charge is 0.131 e. The summed E-state index contributed by atoms with van der Waals surface area (Å²) in [7, 11) is 1.86. The minimum atomic E-state index is 0.672. The minimum Gasteiger partial charge on any atom is -0.256 e. The van der Waals surface area contributed by atoms with Gasteiger partial charge in [0.25, 0.3) is 0 Å². The quantitative estimate of drug-likeness (QED) is 0.394. The van der Waals surface area contributed by atoms with E-state index in [1.807, 2.05) is 55.6 Å². The highest BCUT2D eigenvalue weighted by Gasteiger charge is 2.15. The van der Waals surface area contributed by atoms with Gasteiger partial charge in [0.15, 0.2) is 0 Å². The van der Waals surface area contributed by atoms with Gasteiger partial charge in [-0.15, -0.1) is 23.5 Å². The summed E-state index contributed by atoms with van der Waals surface area (Å²) < 4.78 is 1.72. The second kappa shape index (κ2) is 8.74. The van der Waals surface area contributed by atoms with Gasteiger partial charge in [-0.2, -0.15) is 5.10 Å². The number of hydrogen-bond acceptors (Lipinski definition) is 3. The molecule has 7 heteroatoms. The Balaban J connectivity index is 1.73. The number of thioether (sulfide) groups is 2. The normalized spacial score (nSPS) is 11.0. The fourth-order valence-corrected chi connectivity index (χ4v) is 4.82. The molecule has 0 spiro atoms. The third-order valence-electron chi connectivity index (χ3n) is 3.55. The van der Waals surface area contributed by atoms with Crippen molar-refractivity contribution in [1.29, 1.82) is 0 Å². The number of halogens is 3. The maximum absolute atomic E-state index is 6.45. The van der Waals surface area contributed by atoms with Crippen molar-refractivity contribution in [3.63, 3.8) is 0 Å². The lowest BCUT2D eigenvalue weighted by Gasteiger charge is -2.06. The van der Waals surface area contributed by atoms with Crippen molar-refractivity contribution >= 4 is 58.3 Å². The molecule has 0 saturated carbocycles. The van der Waals surface area contributed by atoms with Crippen molar-refractivity contribution in [2.75, 3.05) is 0 Å². The Morgan fingerprint density at radius 2 is 1.64 bits per heavy atom. The van der Waals surface area contributed by atoms with Gasteiger partial charge in [0, 0.05) is 38.9 Å². The van der Waals surface area contributed by atoms with Crippen LogP contribution < -0.4 is 0 Å². The second-order valence-electron chi connectivity index (χ2n) is 5.30. The highest BCUT2D eigenvalue weighted by Crippen LogP contribution is 2.34. The molecule has 0 saturated heterocycles. The summed E-state index contributed by atoms with van der Waals surface area (Å²) >= 11 is 22.0. The van der Waals surface area contributed by atoms with Crippen molar-refractivity contribution in [1.82, 2.24) is 9.78 Å². The Morgan fingerprint density at radius 3 is 2.36 bits per heavy atom. The Bertz CT molecular complexity index is 863. The van der Waals surface area contributed by atoms with Crippen molar-refractivity contribution in [3.8, 4) is 0 Å². The average Bonchev–Trinajstić information content (AvgIpc) is 2.88. The lowest BCUT2D eigenvalue weighted by Crippen LogP contribution is -1.91. The van der Waals surface area contributed by atoms with Crippen LogP contribution in [0.3, 0.4) is 0 Å². The molecule has 2 nitrogen and oxygen atoms in total. The molecule has 0 aliphatic heterocycles. The van der Waals surface area contributed by atoms with E-state index in [0.29, 0.717) is 5.15 Å². The van der Waals surface area contributed by atoms with Crippen LogP contribution in [0.15, 0.2) is 58.3 Å². The molecule has 0 radical (unpaired) electrons. The van der Waals surface area contributed by atoms with E-state index < -0.39 is 0 Å². The van der Waals surface area contributed by atoms with Crippen LogP contribution in [0.5, 0.6) is 0 Å². The molecule has 0 aliphatic carbocycles.